The van der Waals surface area contributed by atoms with Gasteiger partial charge in [-0.05, 0) is 37.8 Å². The van der Waals surface area contributed by atoms with Crippen molar-refractivity contribution < 1.29 is 4.74 Å². The number of hydrogen-bond donors (Lipinski definition) is 1. The van der Waals surface area contributed by atoms with E-state index in [9.17, 15) is 0 Å². The summed E-state index contributed by atoms with van der Waals surface area (Å²) in [4.78, 5) is 9.12. The van der Waals surface area contributed by atoms with Crippen LogP contribution in [0.5, 0.6) is 0 Å². The Morgan fingerprint density at radius 3 is 2.81 bits per heavy atom. The molecule has 0 radical (unpaired) electrons. The van der Waals surface area contributed by atoms with Gasteiger partial charge in [-0.3, -0.25) is 4.99 Å². The zero-order chi connectivity index (χ0) is 14.4. The number of thiophene rings is 1. The van der Waals surface area contributed by atoms with Crippen LogP contribution >= 0.6 is 35.3 Å². The van der Waals surface area contributed by atoms with Gasteiger partial charge < -0.3 is 15.0 Å². The quantitative estimate of drug-likeness (QED) is 0.317. The molecule has 0 bridgehead atoms. The van der Waals surface area contributed by atoms with Crippen molar-refractivity contribution in [2.75, 3.05) is 33.9 Å². The molecule has 0 aliphatic heterocycles. The maximum atomic E-state index is 5.67. The van der Waals surface area contributed by atoms with Crippen molar-refractivity contribution in [3.63, 3.8) is 0 Å². The summed E-state index contributed by atoms with van der Waals surface area (Å²) in [5.41, 5.74) is 0. The van der Waals surface area contributed by atoms with Gasteiger partial charge in [0.2, 0.25) is 0 Å². The first-order valence-electron chi connectivity index (χ1n) is 7.24. The standard InChI is InChI=1S/C15H25N3OS.HI/c1-12-4-7-14(20-12)10-17-15(16-2)18(3)8-9-19-11-13-5-6-13;/h4,7,13H,5-6,8-11H2,1-3H3,(H,16,17);1H. The van der Waals surface area contributed by atoms with Gasteiger partial charge in [-0.1, -0.05) is 0 Å². The van der Waals surface area contributed by atoms with Crippen molar-refractivity contribution in [3.8, 4) is 0 Å². The second kappa shape index (κ2) is 9.63. The Hall–Kier alpha value is -0.340. The number of likely N-dealkylation sites (N-methyl/N-ethyl adjacent to an activating group) is 1. The number of halogens is 1. The third-order valence-corrected chi connectivity index (χ3v) is 4.41. The van der Waals surface area contributed by atoms with Gasteiger partial charge in [0.1, 0.15) is 0 Å². The van der Waals surface area contributed by atoms with E-state index in [0.29, 0.717) is 0 Å². The highest BCUT2D eigenvalue weighted by atomic mass is 127. The topological polar surface area (TPSA) is 36.9 Å². The van der Waals surface area contributed by atoms with Crippen molar-refractivity contribution in [1.82, 2.24) is 10.2 Å². The molecule has 1 aliphatic rings. The lowest BCUT2D eigenvalue weighted by Crippen LogP contribution is -2.40. The van der Waals surface area contributed by atoms with E-state index >= 15 is 0 Å². The molecule has 1 fully saturated rings. The highest BCUT2D eigenvalue weighted by Crippen LogP contribution is 2.28. The maximum Gasteiger partial charge on any atom is 0.193 e. The van der Waals surface area contributed by atoms with Crippen LogP contribution in [0.3, 0.4) is 0 Å². The van der Waals surface area contributed by atoms with Gasteiger partial charge in [0.15, 0.2) is 5.96 Å². The molecule has 1 aromatic heterocycles. The van der Waals surface area contributed by atoms with Crippen molar-refractivity contribution in [2.24, 2.45) is 10.9 Å². The molecule has 1 aliphatic carbocycles. The van der Waals surface area contributed by atoms with Crippen molar-refractivity contribution in [3.05, 3.63) is 21.9 Å². The van der Waals surface area contributed by atoms with Crippen molar-refractivity contribution >= 4 is 41.3 Å². The molecule has 1 N–H and O–H groups in total. The van der Waals surface area contributed by atoms with Crippen LogP contribution in [-0.4, -0.2) is 44.7 Å². The molecule has 0 aromatic carbocycles. The first kappa shape index (κ1) is 18.7. The SMILES string of the molecule is CN=C(NCc1ccc(C)s1)N(C)CCOCC1CC1.I. The lowest BCUT2D eigenvalue weighted by Gasteiger charge is -2.21. The van der Waals surface area contributed by atoms with Crippen molar-refractivity contribution in [2.45, 2.75) is 26.3 Å². The van der Waals surface area contributed by atoms with Crippen LogP contribution < -0.4 is 5.32 Å². The van der Waals surface area contributed by atoms with E-state index < -0.39 is 0 Å². The molecule has 120 valence electrons. The largest absolute Gasteiger partial charge is 0.379 e. The highest BCUT2D eigenvalue weighted by molar-refractivity contribution is 14.0. The molecule has 0 amide bonds. The number of hydrogen-bond acceptors (Lipinski definition) is 3. The third kappa shape index (κ3) is 6.97. The number of aryl methyl sites for hydroxylation is 1. The average molecular weight is 423 g/mol. The molecule has 0 spiro atoms. The molecule has 1 heterocycles. The molecule has 0 atom stereocenters. The van der Waals surface area contributed by atoms with Gasteiger partial charge in [0.25, 0.3) is 0 Å². The van der Waals surface area contributed by atoms with E-state index in [0.717, 1.165) is 38.2 Å². The highest BCUT2D eigenvalue weighted by Gasteiger charge is 2.21. The summed E-state index contributed by atoms with van der Waals surface area (Å²) in [5, 5.41) is 3.39. The van der Waals surface area contributed by atoms with Gasteiger partial charge >= 0.3 is 0 Å². The van der Waals surface area contributed by atoms with Crippen LogP contribution in [0.2, 0.25) is 0 Å². The number of guanidine groups is 1. The number of ether oxygens (including phenoxy) is 1. The molecule has 21 heavy (non-hydrogen) atoms. The Morgan fingerprint density at radius 1 is 1.48 bits per heavy atom. The summed E-state index contributed by atoms with van der Waals surface area (Å²) in [6.07, 6.45) is 2.69. The van der Waals surface area contributed by atoms with Crippen LogP contribution in [0.25, 0.3) is 0 Å². The first-order chi connectivity index (χ1) is 9.69. The number of aliphatic imine (C=N–C) groups is 1. The molecule has 4 nitrogen and oxygen atoms in total. The fourth-order valence-electron chi connectivity index (χ4n) is 1.97. The fraction of sp³-hybridized carbons (Fsp3) is 0.667. The molecular weight excluding hydrogens is 397 g/mol. The minimum absolute atomic E-state index is 0. The Balaban J connectivity index is 0.00000220. The van der Waals surface area contributed by atoms with E-state index in [1.165, 1.54) is 22.6 Å². The number of nitrogens with zero attached hydrogens (tertiary/aromatic N) is 2. The predicted molar refractivity (Wildman–Crippen MR) is 101 cm³/mol. The summed E-state index contributed by atoms with van der Waals surface area (Å²) in [5.74, 6) is 1.76. The molecule has 2 rings (SSSR count). The van der Waals surface area contributed by atoms with Crippen LogP contribution in [0, 0.1) is 12.8 Å². The van der Waals surface area contributed by atoms with E-state index in [2.05, 4.69) is 41.3 Å². The van der Waals surface area contributed by atoms with E-state index in [4.69, 9.17) is 4.74 Å². The number of nitrogens with one attached hydrogen (secondary N) is 1. The molecule has 6 heteroatoms. The lowest BCUT2D eigenvalue weighted by molar-refractivity contribution is 0.115. The van der Waals surface area contributed by atoms with E-state index in [-0.39, 0.29) is 24.0 Å². The average Bonchev–Trinajstić information content (AvgIpc) is 3.17. The van der Waals surface area contributed by atoms with Gasteiger partial charge in [-0.2, -0.15) is 0 Å². The summed E-state index contributed by atoms with van der Waals surface area (Å²) in [6.45, 7) is 5.53. The monoisotopic (exact) mass is 423 g/mol. The molecule has 1 saturated carbocycles. The fourth-order valence-corrected chi connectivity index (χ4v) is 2.80. The Labute approximate surface area is 149 Å². The van der Waals surface area contributed by atoms with Gasteiger partial charge in [0, 0.05) is 37.0 Å². The normalized spacial score (nSPS) is 14.7. The second-order valence-corrected chi connectivity index (χ2v) is 6.73. The Kier molecular flexibility index (Phi) is 8.58. The molecule has 1 aromatic rings. The van der Waals surface area contributed by atoms with Gasteiger partial charge in [-0.15, -0.1) is 35.3 Å². The number of rotatable bonds is 7. The van der Waals surface area contributed by atoms with Crippen LogP contribution in [0.4, 0.5) is 0 Å². The second-order valence-electron chi connectivity index (χ2n) is 5.35. The molecule has 0 unspecified atom stereocenters. The van der Waals surface area contributed by atoms with Crippen LogP contribution in [0.1, 0.15) is 22.6 Å². The smallest absolute Gasteiger partial charge is 0.193 e. The minimum atomic E-state index is 0. The van der Waals surface area contributed by atoms with E-state index in [1.807, 2.05) is 18.4 Å². The molecule has 0 saturated heterocycles. The Bertz CT molecular complexity index is 446. The van der Waals surface area contributed by atoms with Gasteiger partial charge in [-0.25, -0.2) is 0 Å². The van der Waals surface area contributed by atoms with Gasteiger partial charge in [0.05, 0.1) is 13.2 Å². The summed E-state index contributed by atoms with van der Waals surface area (Å²) in [7, 11) is 3.87. The van der Waals surface area contributed by atoms with E-state index in [1.54, 1.807) is 0 Å². The Morgan fingerprint density at radius 2 is 2.24 bits per heavy atom. The summed E-state index contributed by atoms with van der Waals surface area (Å²) < 4.78 is 5.67. The molecular formula is C15H26IN3OS. The van der Waals surface area contributed by atoms with Crippen LogP contribution in [0.15, 0.2) is 17.1 Å². The third-order valence-electron chi connectivity index (χ3n) is 3.41. The van der Waals surface area contributed by atoms with Crippen LogP contribution in [-0.2, 0) is 11.3 Å². The summed E-state index contributed by atoms with van der Waals surface area (Å²) in [6, 6.07) is 4.32. The zero-order valence-electron chi connectivity index (χ0n) is 13.1. The minimum Gasteiger partial charge on any atom is -0.379 e. The lowest BCUT2D eigenvalue weighted by atomic mass is 10.4. The first-order valence-corrected chi connectivity index (χ1v) is 8.05. The zero-order valence-corrected chi connectivity index (χ0v) is 16.2. The maximum absolute atomic E-state index is 5.67. The predicted octanol–water partition coefficient (Wildman–Crippen LogP) is 3.11. The van der Waals surface area contributed by atoms with Crippen molar-refractivity contribution in [1.29, 1.82) is 0 Å². The summed E-state index contributed by atoms with van der Waals surface area (Å²) >= 11 is 1.82.